The van der Waals surface area contributed by atoms with Crippen LogP contribution < -0.4 is 0 Å². The van der Waals surface area contributed by atoms with Gasteiger partial charge in [0.1, 0.15) is 0 Å². The summed E-state index contributed by atoms with van der Waals surface area (Å²) in [5.74, 6) is -0.465. The monoisotopic (exact) mass is 159 g/mol. The van der Waals surface area contributed by atoms with Crippen LogP contribution in [0.25, 0.3) is 0 Å². The quantitative estimate of drug-likeness (QED) is 0.344. The van der Waals surface area contributed by atoms with E-state index >= 15 is 0 Å². The summed E-state index contributed by atoms with van der Waals surface area (Å²) >= 11 is 0. The van der Waals surface area contributed by atoms with E-state index in [0.29, 0.717) is 0 Å². The second kappa shape index (κ2) is 4.43. The summed E-state index contributed by atoms with van der Waals surface area (Å²) in [6.45, 7) is 3.15. The van der Waals surface area contributed by atoms with E-state index in [0.717, 1.165) is 0 Å². The molecule has 0 bridgehead atoms. The van der Waals surface area contributed by atoms with Gasteiger partial charge in [-0.15, -0.1) is 0 Å². The van der Waals surface area contributed by atoms with Crippen LogP contribution in [-0.2, 0) is 9.53 Å². The van der Waals surface area contributed by atoms with E-state index in [2.05, 4.69) is 11.3 Å². The fourth-order valence-electron chi connectivity index (χ4n) is 0.440. The highest BCUT2D eigenvalue weighted by molar-refractivity contribution is 5.69. The van der Waals surface area contributed by atoms with Crippen LogP contribution in [0, 0.1) is 10.1 Å². The second-order valence-corrected chi connectivity index (χ2v) is 1.90. The summed E-state index contributed by atoms with van der Waals surface area (Å²) < 4.78 is 4.28. The van der Waals surface area contributed by atoms with Crippen molar-refractivity contribution >= 4 is 5.97 Å². The molecule has 0 saturated heterocycles. The summed E-state index contributed by atoms with van der Waals surface area (Å²) in [5.41, 5.74) is -0.171. The molecule has 0 atom stereocenters. The van der Waals surface area contributed by atoms with Gasteiger partial charge in [0.2, 0.25) is 5.70 Å². The number of carbonyl (C=O) groups is 1. The Morgan fingerprint density at radius 2 is 2.18 bits per heavy atom. The molecule has 5 heteroatoms. The number of nitro groups is 1. The Hall–Kier alpha value is -1.39. The summed E-state index contributed by atoms with van der Waals surface area (Å²) in [6.07, 6.45) is 0.0516. The third-order valence-electron chi connectivity index (χ3n) is 1.10. The van der Waals surface area contributed by atoms with Gasteiger partial charge in [0.05, 0.1) is 18.5 Å². The molecular formula is C6H9NO4. The highest BCUT2D eigenvalue weighted by atomic mass is 16.6. The average molecular weight is 159 g/mol. The number of hydrogen-bond acceptors (Lipinski definition) is 4. The molecule has 0 saturated carbocycles. The van der Waals surface area contributed by atoms with Crippen molar-refractivity contribution in [3.05, 3.63) is 22.4 Å². The lowest BCUT2D eigenvalue weighted by atomic mass is 10.3. The van der Waals surface area contributed by atoms with Crippen molar-refractivity contribution in [3.63, 3.8) is 0 Å². The number of methoxy groups -OCH3 is 1. The Morgan fingerprint density at radius 3 is 2.55 bits per heavy atom. The predicted octanol–water partition coefficient (Wildman–Crippen LogP) is 0.730. The zero-order valence-electron chi connectivity index (χ0n) is 6.20. The first kappa shape index (κ1) is 9.61. The van der Waals surface area contributed by atoms with E-state index in [1.807, 2.05) is 0 Å². The summed E-state index contributed by atoms with van der Waals surface area (Å²) in [7, 11) is 1.23. The molecule has 0 unspecified atom stereocenters. The molecule has 0 rings (SSSR count). The van der Waals surface area contributed by atoms with Crippen LogP contribution in [-0.4, -0.2) is 18.0 Å². The predicted molar refractivity (Wildman–Crippen MR) is 37.4 cm³/mol. The van der Waals surface area contributed by atoms with Crippen LogP contribution in [0.4, 0.5) is 0 Å². The standard InChI is InChI=1S/C6H9NO4/c1-5(7(9)10)3-4-6(8)11-2/h1,3-4H2,2H3. The van der Waals surface area contributed by atoms with E-state index in [1.54, 1.807) is 0 Å². The number of nitrogens with zero attached hydrogens (tertiary/aromatic N) is 1. The highest BCUT2D eigenvalue weighted by Gasteiger charge is 2.09. The van der Waals surface area contributed by atoms with Crippen molar-refractivity contribution in [2.24, 2.45) is 0 Å². The van der Waals surface area contributed by atoms with Gasteiger partial charge >= 0.3 is 5.97 Å². The third kappa shape index (κ3) is 4.07. The first-order valence-corrected chi connectivity index (χ1v) is 2.97. The van der Waals surface area contributed by atoms with Crippen LogP contribution in [0.15, 0.2) is 12.3 Å². The lowest BCUT2D eigenvalue weighted by Gasteiger charge is -1.95. The molecule has 0 amide bonds. The molecule has 0 aliphatic heterocycles. The van der Waals surface area contributed by atoms with Crippen molar-refractivity contribution < 1.29 is 14.5 Å². The van der Waals surface area contributed by atoms with Gasteiger partial charge in [-0.1, -0.05) is 0 Å². The molecule has 0 N–H and O–H groups in total. The Balaban J connectivity index is 3.63. The van der Waals surface area contributed by atoms with Gasteiger partial charge in [0, 0.05) is 6.42 Å². The molecule has 62 valence electrons. The highest BCUT2D eigenvalue weighted by Crippen LogP contribution is 2.02. The molecule has 0 radical (unpaired) electrons. The minimum absolute atomic E-state index is 0.0102. The molecule has 0 aromatic rings. The Morgan fingerprint density at radius 1 is 1.64 bits per heavy atom. The molecule has 0 spiro atoms. The van der Waals surface area contributed by atoms with E-state index in [9.17, 15) is 14.9 Å². The molecule has 5 nitrogen and oxygen atoms in total. The van der Waals surface area contributed by atoms with Crippen LogP contribution in [0.2, 0.25) is 0 Å². The van der Waals surface area contributed by atoms with Gasteiger partial charge in [-0.25, -0.2) is 0 Å². The molecule has 0 aromatic carbocycles. The zero-order valence-corrected chi connectivity index (χ0v) is 6.20. The fourth-order valence-corrected chi connectivity index (χ4v) is 0.440. The number of carbonyl (C=O) groups excluding carboxylic acids is 1. The number of esters is 1. The van der Waals surface area contributed by atoms with Gasteiger partial charge in [-0.3, -0.25) is 14.9 Å². The Labute approximate surface area is 63.8 Å². The number of ether oxygens (including phenoxy) is 1. The molecule has 11 heavy (non-hydrogen) atoms. The smallest absolute Gasteiger partial charge is 0.306 e. The Bertz CT molecular complexity index is 187. The van der Waals surface area contributed by atoms with Crippen molar-refractivity contribution in [1.29, 1.82) is 0 Å². The first-order chi connectivity index (χ1) is 5.07. The van der Waals surface area contributed by atoms with E-state index in [4.69, 9.17) is 0 Å². The first-order valence-electron chi connectivity index (χ1n) is 2.97. The number of hydrogen-bond donors (Lipinski definition) is 0. The number of rotatable bonds is 4. The summed E-state index contributed by atoms with van der Waals surface area (Å²) in [4.78, 5) is 19.8. The van der Waals surface area contributed by atoms with Crippen molar-refractivity contribution in [2.75, 3.05) is 7.11 Å². The van der Waals surface area contributed by atoms with Gasteiger partial charge in [0.15, 0.2) is 0 Å². The minimum atomic E-state index is -0.608. The van der Waals surface area contributed by atoms with Gasteiger partial charge in [0.25, 0.3) is 0 Å². The molecule has 0 heterocycles. The normalized spacial score (nSPS) is 8.82. The van der Waals surface area contributed by atoms with Crippen LogP contribution in [0.1, 0.15) is 12.8 Å². The van der Waals surface area contributed by atoms with E-state index < -0.39 is 10.9 Å². The van der Waals surface area contributed by atoms with Gasteiger partial charge in [-0.2, -0.15) is 0 Å². The zero-order chi connectivity index (χ0) is 8.85. The van der Waals surface area contributed by atoms with Gasteiger partial charge in [-0.05, 0) is 6.58 Å². The summed E-state index contributed by atoms with van der Waals surface area (Å²) in [6, 6.07) is 0. The molecule has 0 aliphatic carbocycles. The molecule has 0 fully saturated rings. The van der Waals surface area contributed by atoms with Crippen LogP contribution >= 0.6 is 0 Å². The summed E-state index contributed by atoms with van der Waals surface area (Å²) in [5, 5.41) is 9.95. The minimum Gasteiger partial charge on any atom is -0.469 e. The topological polar surface area (TPSA) is 69.4 Å². The van der Waals surface area contributed by atoms with Crippen molar-refractivity contribution in [3.8, 4) is 0 Å². The van der Waals surface area contributed by atoms with Crippen LogP contribution in [0.5, 0.6) is 0 Å². The van der Waals surface area contributed by atoms with Crippen LogP contribution in [0.3, 0.4) is 0 Å². The SMILES string of the molecule is C=C(CCC(=O)OC)[N+](=O)[O-]. The second-order valence-electron chi connectivity index (χ2n) is 1.90. The molecule has 0 aromatic heterocycles. The average Bonchev–Trinajstić information content (AvgIpc) is 1.99. The van der Waals surface area contributed by atoms with E-state index in [1.165, 1.54) is 7.11 Å². The number of allylic oxidation sites excluding steroid dienone is 1. The lowest BCUT2D eigenvalue weighted by molar-refractivity contribution is -0.427. The Kier molecular flexibility index (Phi) is 3.87. The van der Waals surface area contributed by atoms with Crippen molar-refractivity contribution in [2.45, 2.75) is 12.8 Å². The fraction of sp³-hybridized carbons (Fsp3) is 0.500. The van der Waals surface area contributed by atoms with Crippen molar-refractivity contribution in [1.82, 2.24) is 0 Å². The molecule has 0 aliphatic rings. The van der Waals surface area contributed by atoms with Gasteiger partial charge < -0.3 is 4.74 Å². The largest absolute Gasteiger partial charge is 0.469 e. The maximum Gasteiger partial charge on any atom is 0.306 e. The third-order valence-corrected chi connectivity index (χ3v) is 1.10. The maximum absolute atomic E-state index is 10.5. The lowest BCUT2D eigenvalue weighted by Crippen LogP contribution is -2.03. The maximum atomic E-state index is 10.5. The van der Waals surface area contributed by atoms with E-state index in [-0.39, 0.29) is 18.5 Å². The molecular weight excluding hydrogens is 150 g/mol.